The van der Waals surface area contributed by atoms with Crippen LogP contribution in [0.2, 0.25) is 0 Å². The Bertz CT molecular complexity index is 429. The lowest BCUT2D eigenvalue weighted by molar-refractivity contribution is 0.0464. The van der Waals surface area contributed by atoms with E-state index in [4.69, 9.17) is 0 Å². The highest BCUT2D eigenvalue weighted by Gasteiger charge is 2.28. The number of aromatic nitrogens is 2. The van der Waals surface area contributed by atoms with E-state index in [1.165, 1.54) is 0 Å². The first-order valence-corrected chi connectivity index (χ1v) is 6.95. The number of nitrogens with zero attached hydrogens (tertiary/aromatic N) is 3. The van der Waals surface area contributed by atoms with E-state index >= 15 is 0 Å². The highest BCUT2D eigenvalue weighted by atomic mass is 16.3. The Morgan fingerprint density at radius 2 is 2.11 bits per heavy atom. The fourth-order valence-corrected chi connectivity index (χ4v) is 2.36. The molecule has 0 amide bonds. The molecule has 5 heteroatoms. The zero-order valence-electron chi connectivity index (χ0n) is 12.2. The fraction of sp³-hybridized carbons (Fsp3) is 0.714. The minimum absolute atomic E-state index is 0.0945. The van der Waals surface area contributed by atoms with Crippen molar-refractivity contribution in [2.24, 2.45) is 5.92 Å². The summed E-state index contributed by atoms with van der Waals surface area (Å²) in [6.07, 6.45) is 1.72. The maximum absolute atomic E-state index is 9.35. The van der Waals surface area contributed by atoms with E-state index in [1.807, 2.05) is 13.1 Å². The van der Waals surface area contributed by atoms with E-state index in [0.717, 1.165) is 36.8 Å². The van der Waals surface area contributed by atoms with Crippen LogP contribution in [0.15, 0.2) is 6.07 Å². The molecular weight excluding hydrogens is 240 g/mol. The standard InChI is InChI=1S/C14H24N4O/c1-9(2)14-16-12(15-3)7-13(17-14)18(4)8-10-5-11(19)6-10/h7,9-11,19H,5-6,8H2,1-4H3,(H,15,16,17). The predicted molar refractivity (Wildman–Crippen MR) is 77.7 cm³/mol. The van der Waals surface area contributed by atoms with Gasteiger partial charge in [0.1, 0.15) is 17.5 Å². The van der Waals surface area contributed by atoms with E-state index in [2.05, 4.69) is 41.1 Å². The van der Waals surface area contributed by atoms with Gasteiger partial charge in [0.05, 0.1) is 6.10 Å². The van der Waals surface area contributed by atoms with Crippen LogP contribution in [0.5, 0.6) is 0 Å². The van der Waals surface area contributed by atoms with Gasteiger partial charge in [-0.3, -0.25) is 0 Å². The van der Waals surface area contributed by atoms with Crippen LogP contribution in [0.3, 0.4) is 0 Å². The molecular formula is C14H24N4O. The number of aliphatic hydroxyl groups is 1. The first kappa shape index (κ1) is 14.1. The molecule has 106 valence electrons. The van der Waals surface area contributed by atoms with Crippen molar-refractivity contribution in [3.8, 4) is 0 Å². The molecule has 2 rings (SSSR count). The van der Waals surface area contributed by atoms with Crippen LogP contribution in [0.4, 0.5) is 11.6 Å². The average Bonchev–Trinajstić information content (AvgIpc) is 2.36. The van der Waals surface area contributed by atoms with Crippen LogP contribution in [-0.4, -0.2) is 41.8 Å². The summed E-state index contributed by atoms with van der Waals surface area (Å²) in [7, 11) is 3.93. The molecule has 0 radical (unpaired) electrons. The molecule has 1 saturated carbocycles. The van der Waals surface area contributed by atoms with Gasteiger partial charge in [-0.1, -0.05) is 13.8 Å². The van der Waals surface area contributed by atoms with E-state index in [0.29, 0.717) is 11.8 Å². The van der Waals surface area contributed by atoms with Gasteiger partial charge in [-0.05, 0) is 18.8 Å². The molecule has 1 aliphatic carbocycles. The highest BCUT2D eigenvalue weighted by molar-refractivity contribution is 5.49. The van der Waals surface area contributed by atoms with Gasteiger partial charge in [-0.25, -0.2) is 9.97 Å². The maximum Gasteiger partial charge on any atom is 0.135 e. The van der Waals surface area contributed by atoms with Gasteiger partial charge in [-0.15, -0.1) is 0 Å². The zero-order chi connectivity index (χ0) is 14.0. The summed E-state index contributed by atoms with van der Waals surface area (Å²) in [6, 6.07) is 1.97. The Morgan fingerprint density at radius 3 is 2.63 bits per heavy atom. The number of aliphatic hydroxyl groups excluding tert-OH is 1. The van der Waals surface area contributed by atoms with Crippen LogP contribution >= 0.6 is 0 Å². The van der Waals surface area contributed by atoms with E-state index in [1.54, 1.807) is 0 Å². The van der Waals surface area contributed by atoms with Crippen molar-refractivity contribution in [3.05, 3.63) is 11.9 Å². The normalized spacial score (nSPS) is 22.2. The minimum Gasteiger partial charge on any atom is -0.393 e. The lowest BCUT2D eigenvalue weighted by Gasteiger charge is -2.35. The summed E-state index contributed by atoms with van der Waals surface area (Å²) in [5.41, 5.74) is 0. The molecule has 19 heavy (non-hydrogen) atoms. The van der Waals surface area contributed by atoms with Crippen molar-refractivity contribution in [3.63, 3.8) is 0 Å². The molecule has 0 atom stereocenters. The van der Waals surface area contributed by atoms with Crippen LogP contribution in [0, 0.1) is 5.92 Å². The third kappa shape index (κ3) is 3.35. The summed E-state index contributed by atoms with van der Waals surface area (Å²) in [4.78, 5) is 11.3. The lowest BCUT2D eigenvalue weighted by atomic mass is 9.82. The molecule has 0 aliphatic heterocycles. The van der Waals surface area contributed by atoms with Gasteiger partial charge in [0.15, 0.2) is 0 Å². The lowest BCUT2D eigenvalue weighted by Crippen LogP contribution is -2.37. The Hall–Kier alpha value is -1.36. The van der Waals surface area contributed by atoms with Gasteiger partial charge < -0.3 is 15.3 Å². The van der Waals surface area contributed by atoms with Crippen LogP contribution in [0.1, 0.15) is 38.4 Å². The molecule has 0 aromatic carbocycles. The predicted octanol–water partition coefficient (Wildman–Crippen LogP) is 1.85. The van der Waals surface area contributed by atoms with Gasteiger partial charge in [0, 0.05) is 32.6 Å². The van der Waals surface area contributed by atoms with Gasteiger partial charge in [0.25, 0.3) is 0 Å². The Morgan fingerprint density at radius 1 is 1.42 bits per heavy atom. The Labute approximate surface area is 115 Å². The van der Waals surface area contributed by atoms with Crippen molar-refractivity contribution < 1.29 is 5.11 Å². The number of hydrogen-bond donors (Lipinski definition) is 2. The van der Waals surface area contributed by atoms with Crippen molar-refractivity contribution in [1.82, 2.24) is 9.97 Å². The summed E-state index contributed by atoms with van der Waals surface area (Å²) < 4.78 is 0. The maximum atomic E-state index is 9.35. The first-order chi connectivity index (χ1) is 8.99. The molecule has 5 nitrogen and oxygen atoms in total. The summed E-state index contributed by atoms with van der Waals surface area (Å²) in [5.74, 6) is 3.56. The average molecular weight is 264 g/mol. The number of hydrogen-bond acceptors (Lipinski definition) is 5. The van der Waals surface area contributed by atoms with E-state index < -0.39 is 0 Å². The molecule has 1 heterocycles. The van der Waals surface area contributed by atoms with E-state index in [9.17, 15) is 5.11 Å². The monoisotopic (exact) mass is 264 g/mol. The molecule has 1 aliphatic rings. The molecule has 1 aromatic rings. The van der Waals surface area contributed by atoms with Crippen molar-refractivity contribution in [2.45, 2.75) is 38.7 Å². The first-order valence-electron chi connectivity index (χ1n) is 6.95. The van der Waals surface area contributed by atoms with Crippen LogP contribution in [0.25, 0.3) is 0 Å². The molecule has 1 aromatic heterocycles. The number of nitrogens with one attached hydrogen (secondary N) is 1. The second-order valence-electron chi connectivity index (χ2n) is 5.75. The van der Waals surface area contributed by atoms with Gasteiger partial charge in [0.2, 0.25) is 0 Å². The SMILES string of the molecule is CNc1cc(N(C)CC2CC(O)C2)nc(C(C)C)n1. The van der Waals surface area contributed by atoms with Crippen LogP contribution in [-0.2, 0) is 0 Å². The molecule has 0 bridgehead atoms. The van der Waals surface area contributed by atoms with Crippen molar-refractivity contribution in [1.29, 1.82) is 0 Å². The highest BCUT2D eigenvalue weighted by Crippen LogP contribution is 2.29. The third-order valence-electron chi connectivity index (χ3n) is 3.64. The topological polar surface area (TPSA) is 61.3 Å². The Kier molecular flexibility index (Phi) is 4.24. The Balaban J connectivity index is 2.11. The van der Waals surface area contributed by atoms with Gasteiger partial charge >= 0.3 is 0 Å². The third-order valence-corrected chi connectivity index (χ3v) is 3.64. The van der Waals surface area contributed by atoms with Gasteiger partial charge in [-0.2, -0.15) is 0 Å². The summed E-state index contributed by atoms with van der Waals surface area (Å²) in [5, 5.41) is 12.4. The minimum atomic E-state index is -0.0945. The fourth-order valence-electron chi connectivity index (χ4n) is 2.36. The van der Waals surface area contributed by atoms with E-state index in [-0.39, 0.29) is 6.10 Å². The molecule has 0 unspecified atom stereocenters. The molecule has 2 N–H and O–H groups in total. The molecule has 0 saturated heterocycles. The largest absolute Gasteiger partial charge is 0.393 e. The quantitative estimate of drug-likeness (QED) is 0.850. The van der Waals surface area contributed by atoms with Crippen molar-refractivity contribution >= 4 is 11.6 Å². The number of rotatable bonds is 5. The summed E-state index contributed by atoms with van der Waals surface area (Å²) in [6.45, 7) is 5.14. The van der Waals surface area contributed by atoms with Crippen LogP contribution < -0.4 is 10.2 Å². The smallest absolute Gasteiger partial charge is 0.135 e. The number of anilines is 2. The summed E-state index contributed by atoms with van der Waals surface area (Å²) >= 11 is 0. The van der Waals surface area contributed by atoms with Crippen molar-refractivity contribution in [2.75, 3.05) is 30.9 Å². The second-order valence-corrected chi connectivity index (χ2v) is 5.75. The zero-order valence-corrected chi connectivity index (χ0v) is 12.2. The second kappa shape index (κ2) is 5.74. The molecule has 0 spiro atoms. The molecule has 1 fully saturated rings.